The molecule has 0 bridgehead atoms. The third-order valence-electron chi connectivity index (χ3n) is 6.21. The molecule has 1 saturated carbocycles. The minimum atomic E-state index is -0.285. The van der Waals surface area contributed by atoms with Gasteiger partial charge in [0.1, 0.15) is 11.9 Å². The van der Waals surface area contributed by atoms with Crippen molar-refractivity contribution in [1.82, 2.24) is 20.5 Å². The molecular weight excluding hydrogens is 390 g/mol. The number of rotatable bonds is 5. The number of amides is 1. The van der Waals surface area contributed by atoms with E-state index in [1.165, 1.54) is 18.3 Å². The molecule has 158 valence electrons. The van der Waals surface area contributed by atoms with E-state index in [9.17, 15) is 4.79 Å². The number of hydrogen-bond donors (Lipinski definition) is 2. The second-order valence-corrected chi connectivity index (χ2v) is 8.58. The summed E-state index contributed by atoms with van der Waals surface area (Å²) in [7, 11) is 0. The molecule has 1 atom stereocenters. The van der Waals surface area contributed by atoms with Crippen LogP contribution in [-0.2, 0) is 4.84 Å². The van der Waals surface area contributed by atoms with Crippen LogP contribution in [0.5, 0.6) is 0 Å². The van der Waals surface area contributed by atoms with Crippen LogP contribution in [0.4, 0.5) is 0 Å². The first kappa shape index (κ1) is 19.5. The Labute approximate surface area is 180 Å². The quantitative estimate of drug-likeness (QED) is 0.649. The normalized spacial score (nSPS) is 17.5. The molecule has 2 heterocycles. The maximum atomic E-state index is 13.1. The van der Waals surface area contributed by atoms with Crippen LogP contribution in [-0.4, -0.2) is 32.4 Å². The highest BCUT2D eigenvalue weighted by molar-refractivity contribution is 6.05. The van der Waals surface area contributed by atoms with Crippen LogP contribution < -0.4 is 5.32 Å². The lowest BCUT2D eigenvalue weighted by Gasteiger charge is -2.34. The van der Waals surface area contributed by atoms with Crippen LogP contribution in [0.25, 0.3) is 11.1 Å². The van der Waals surface area contributed by atoms with Gasteiger partial charge >= 0.3 is 0 Å². The van der Waals surface area contributed by atoms with Gasteiger partial charge in [-0.2, -0.15) is 0 Å². The third-order valence-corrected chi connectivity index (χ3v) is 6.21. The van der Waals surface area contributed by atoms with Crippen molar-refractivity contribution < 1.29 is 9.63 Å². The van der Waals surface area contributed by atoms with Crippen LogP contribution >= 0.6 is 0 Å². The van der Waals surface area contributed by atoms with E-state index in [-0.39, 0.29) is 17.6 Å². The first-order chi connectivity index (χ1) is 15.0. The van der Waals surface area contributed by atoms with E-state index in [0.717, 1.165) is 41.7 Å². The Balaban J connectivity index is 1.48. The molecule has 1 aliphatic carbocycles. The number of hydrogen-bond acceptors (Lipinski definition) is 5. The van der Waals surface area contributed by atoms with Crippen molar-refractivity contribution in [1.29, 1.82) is 0 Å². The summed E-state index contributed by atoms with van der Waals surface area (Å²) < 4.78 is 0. The zero-order valence-corrected chi connectivity index (χ0v) is 17.7. The number of aryl methyl sites for hydroxylation is 1. The zero-order chi connectivity index (χ0) is 21.4. The summed E-state index contributed by atoms with van der Waals surface area (Å²) in [5.41, 5.74) is 5.52. The molecule has 3 aromatic rings. The van der Waals surface area contributed by atoms with E-state index in [4.69, 9.17) is 4.84 Å². The summed E-state index contributed by atoms with van der Waals surface area (Å²) in [5.74, 6) is 0.445. The van der Waals surface area contributed by atoms with Crippen molar-refractivity contribution in [2.45, 2.75) is 51.2 Å². The lowest BCUT2D eigenvalue weighted by atomic mass is 9.76. The van der Waals surface area contributed by atoms with Gasteiger partial charge in [0.15, 0.2) is 5.82 Å². The summed E-state index contributed by atoms with van der Waals surface area (Å²) in [6.07, 6.45) is 5.56. The molecular formula is C24H25N5O2. The fourth-order valence-corrected chi connectivity index (χ4v) is 4.13. The number of nitrogens with zero attached hydrogens (tertiary/aromatic N) is 3. The number of carbonyl (C=O) groups excluding carboxylic acids is 1. The monoisotopic (exact) mass is 415 g/mol. The van der Waals surface area contributed by atoms with E-state index in [0.29, 0.717) is 11.4 Å². The number of nitrogens with one attached hydrogen (secondary N) is 2. The number of aromatic nitrogens is 3. The molecule has 1 aliphatic heterocycles. The van der Waals surface area contributed by atoms with Crippen LogP contribution in [0.15, 0.2) is 53.9 Å². The van der Waals surface area contributed by atoms with Crippen LogP contribution in [0.2, 0.25) is 0 Å². The Bertz CT molecular complexity index is 1130. The highest BCUT2D eigenvalue weighted by Crippen LogP contribution is 2.43. The Morgan fingerprint density at radius 2 is 1.90 bits per heavy atom. The van der Waals surface area contributed by atoms with E-state index in [2.05, 4.69) is 62.9 Å². The van der Waals surface area contributed by atoms with Crippen molar-refractivity contribution in [3.63, 3.8) is 0 Å². The predicted octanol–water partition coefficient (Wildman–Crippen LogP) is 4.32. The van der Waals surface area contributed by atoms with Gasteiger partial charge in [0.2, 0.25) is 0 Å². The molecule has 0 unspecified atom stereocenters. The average Bonchev–Trinajstić information content (AvgIpc) is 3.44. The molecule has 1 aromatic heterocycles. The Kier molecular flexibility index (Phi) is 4.81. The number of carbonyl (C=O) groups is 1. The molecule has 2 N–H and O–H groups in total. The van der Waals surface area contributed by atoms with Gasteiger partial charge in [-0.1, -0.05) is 35.0 Å². The molecule has 7 heteroatoms. The second-order valence-electron chi connectivity index (χ2n) is 8.58. The lowest BCUT2D eigenvalue weighted by molar-refractivity contribution is -0.0755. The summed E-state index contributed by atoms with van der Waals surface area (Å²) in [6.45, 7) is 3.94. The van der Waals surface area contributed by atoms with Gasteiger partial charge < -0.3 is 15.1 Å². The van der Waals surface area contributed by atoms with Crippen LogP contribution in [0, 0.1) is 6.92 Å². The summed E-state index contributed by atoms with van der Waals surface area (Å²) >= 11 is 0. The van der Waals surface area contributed by atoms with Gasteiger partial charge in [-0.25, -0.2) is 0 Å². The van der Waals surface area contributed by atoms with Gasteiger partial charge in [0.05, 0.1) is 11.8 Å². The van der Waals surface area contributed by atoms with Crippen molar-refractivity contribution in [3.05, 3.63) is 71.3 Å². The maximum absolute atomic E-state index is 13.1. The fraction of sp³-hybridized carbons (Fsp3) is 0.333. The molecule has 0 saturated heterocycles. The summed E-state index contributed by atoms with van der Waals surface area (Å²) in [5, 5.41) is 15.2. The van der Waals surface area contributed by atoms with Crippen molar-refractivity contribution in [2.24, 2.45) is 5.16 Å². The van der Waals surface area contributed by atoms with Gasteiger partial charge in [-0.3, -0.25) is 4.79 Å². The molecule has 7 nitrogen and oxygen atoms in total. The Hall–Kier alpha value is -3.48. The first-order valence-electron chi connectivity index (χ1n) is 10.7. The van der Waals surface area contributed by atoms with Crippen LogP contribution in [0.3, 0.4) is 0 Å². The number of H-pyrrole nitrogens is 1. The highest BCUT2D eigenvalue weighted by atomic mass is 16.7. The lowest BCUT2D eigenvalue weighted by Crippen LogP contribution is -2.36. The fourth-order valence-electron chi connectivity index (χ4n) is 4.13. The van der Waals surface area contributed by atoms with Crippen LogP contribution in [0.1, 0.15) is 66.0 Å². The standard InChI is InChI=1S/C24H25N5O2/c1-15-4-6-17(7-5-15)18-10-19(21-13-24(31-29-21)8-3-9-24)12-20(11-18)23(30)27-16(2)22-25-14-26-28-22/h4-7,10-12,14,16H,3,8-9,13H2,1-2H3,(H,27,30)(H,25,26,28)/t16-/m0/s1. The van der Waals surface area contributed by atoms with Crippen molar-refractivity contribution >= 4 is 11.6 Å². The van der Waals surface area contributed by atoms with E-state index in [1.807, 2.05) is 19.1 Å². The minimum absolute atomic E-state index is 0.127. The van der Waals surface area contributed by atoms with Crippen molar-refractivity contribution in [3.8, 4) is 11.1 Å². The summed E-state index contributed by atoms with van der Waals surface area (Å²) in [6, 6.07) is 13.9. The molecule has 2 aromatic carbocycles. The zero-order valence-electron chi connectivity index (χ0n) is 17.7. The van der Waals surface area contributed by atoms with Gasteiger partial charge in [-0.05, 0) is 62.4 Å². The highest BCUT2D eigenvalue weighted by Gasteiger charge is 2.45. The minimum Gasteiger partial charge on any atom is -0.389 e. The Morgan fingerprint density at radius 3 is 2.55 bits per heavy atom. The topological polar surface area (TPSA) is 92.3 Å². The van der Waals surface area contributed by atoms with Gasteiger partial charge in [-0.15, -0.1) is 10.2 Å². The smallest absolute Gasteiger partial charge is 0.251 e. The van der Waals surface area contributed by atoms with E-state index >= 15 is 0 Å². The molecule has 1 spiro atoms. The van der Waals surface area contributed by atoms with Gasteiger partial charge in [0, 0.05) is 17.5 Å². The van der Waals surface area contributed by atoms with E-state index < -0.39 is 0 Å². The molecule has 1 amide bonds. The maximum Gasteiger partial charge on any atom is 0.251 e. The van der Waals surface area contributed by atoms with Gasteiger partial charge in [0.25, 0.3) is 5.91 Å². The molecule has 0 radical (unpaired) electrons. The summed E-state index contributed by atoms with van der Waals surface area (Å²) in [4.78, 5) is 21.8. The molecule has 1 fully saturated rings. The predicted molar refractivity (Wildman–Crippen MR) is 118 cm³/mol. The largest absolute Gasteiger partial charge is 0.389 e. The first-order valence-corrected chi connectivity index (χ1v) is 10.7. The SMILES string of the molecule is Cc1ccc(-c2cc(C(=O)N[C@@H](C)c3nnc[nH]3)cc(C3=NOC4(CCC4)C3)c2)cc1. The Morgan fingerprint density at radius 1 is 1.13 bits per heavy atom. The van der Waals surface area contributed by atoms with Crippen molar-refractivity contribution in [2.75, 3.05) is 0 Å². The number of benzene rings is 2. The van der Waals surface area contributed by atoms with E-state index in [1.54, 1.807) is 0 Å². The number of oxime groups is 1. The second kappa shape index (κ2) is 7.65. The number of aromatic amines is 1. The molecule has 5 rings (SSSR count). The molecule has 31 heavy (non-hydrogen) atoms. The molecule has 2 aliphatic rings. The average molecular weight is 415 g/mol. The third kappa shape index (κ3) is 3.83.